The van der Waals surface area contributed by atoms with Gasteiger partial charge in [0.05, 0.1) is 31.7 Å². The Labute approximate surface area is 212 Å². The van der Waals surface area contributed by atoms with E-state index in [9.17, 15) is 0 Å². The number of halogens is 2. The highest BCUT2D eigenvalue weighted by Gasteiger charge is 2.24. The molecule has 196 valence electrons. The van der Waals surface area contributed by atoms with Crippen LogP contribution in [0.5, 0.6) is 11.5 Å². The van der Waals surface area contributed by atoms with Crippen molar-refractivity contribution >= 4 is 22.7 Å². The molecule has 1 fully saturated rings. The number of nitrogen functional groups attached to an aromatic ring is 1. The van der Waals surface area contributed by atoms with Crippen molar-refractivity contribution in [3.8, 4) is 22.8 Å². The van der Waals surface area contributed by atoms with Crippen LogP contribution in [0.4, 0.5) is 20.5 Å². The standard InChI is InChI=1S/C20H19F2N7O2.C5H10O/c1-29-9-10(7-26-29)6-24-19-18-11(8-25-20(23)28-18)4-12(27-19)15-16(21)13(30-2)5-14(31-3)17(15)22;1-2-4-6-5-3-1/h4-5,7-9H,6H2,1-3H3,(H,24,27)(H2,23,25,28);1-5H2. The molecule has 0 bridgehead atoms. The molecule has 4 heterocycles. The molecule has 37 heavy (non-hydrogen) atoms. The molecule has 1 saturated heterocycles. The molecule has 0 saturated carbocycles. The summed E-state index contributed by atoms with van der Waals surface area (Å²) in [6.45, 7) is 2.36. The molecule has 12 heteroatoms. The van der Waals surface area contributed by atoms with Gasteiger partial charge < -0.3 is 25.3 Å². The number of methoxy groups -OCH3 is 2. The third-order valence-electron chi connectivity index (χ3n) is 5.71. The molecule has 3 N–H and O–H groups in total. The number of nitrogens with one attached hydrogen (secondary N) is 1. The smallest absolute Gasteiger partial charge is 0.220 e. The Morgan fingerprint density at radius 3 is 2.27 bits per heavy atom. The first-order valence-electron chi connectivity index (χ1n) is 11.7. The summed E-state index contributed by atoms with van der Waals surface area (Å²) >= 11 is 0. The maximum Gasteiger partial charge on any atom is 0.220 e. The van der Waals surface area contributed by atoms with Crippen molar-refractivity contribution in [1.29, 1.82) is 0 Å². The summed E-state index contributed by atoms with van der Waals surface area (Å²) in [6, 6.07) is 2.62. The molecular formula is C25H29F2N7O3. The van der Waals surface area contributed by atoms with Gasteiger partial charge in [-0.1, -0.05) is 0 Å². The van der Waals surface area contributed by atoms with Gasteiger partial charge in [0.15, 0.2) is 29.0 Å². The molecule has 0 unspecified atom stereocenters. The summed E-state index contributed by atoms with van der Waals surface area (Å²) in [5, 5.41) is 7.74. The monoisotopic (exact) mass is 513 g/mol. The third kappa shape index (κ3) is 6.02. The molecular weight excluding hydrogens is 484 g/mol. The van der Waals surface area contributed by atoms with E-state index in [-0.39, 0.29) is 34.5 Å². The number of nitrogens with zero attached hydrogens (tertiary/aromatic N) is 5. The lowest BCUT2D eigenvalue weighted by Crippen LogP contribution is -2.06. The molecule has 0 amide bonds. The fourth-order valence-electron chi connectivity index (χ4n) is 3.85. The lowest BCUT2D eigenvalue weighted by molar-refractivity contribution is 0.0968. The zero-order chi connectivity index (χ0) is 26.4. The minimum Gasteiger partial charge on any atom is -0.494 e. The number of aryl methyl sites for hydroxylation is 1. The second-order valence-corrected chi connectivity index (χ2v) is 8.36. The number of fused-ring (bicyclic) bond motifs is 1. The quantitative estimate of drug-likeness (QED) is 0.392. The SMILES string of the molecule is C1CCOCC1.COc1cc(OC)c(F)c(-c2cc3cnc(N)nc3c(NCc3cnn(C)c3)n2)c1F. The van der Waals surface area contributed by atoms with Crippen molar-refractivity contribution in [2.45, 2.75) is 25.8 Å². The first-order valence-corrected chi connectivity index (χ1v) is 11.7. The summed E-state index contributed by atoms with van der Waals surface area (Å²) in [6.07, 6.45) is 8.91. The maximum absolute atomic E-state index is 15.0. The summed E-state index contributed by atoms with van der Waals surface area (Å²) in [5.41, 5.74) is 6.65. The van der Waals surface area contributed by atoms with Gasteiger partial charge in [-0.2, -0.15) is 5.10 Å². The topological polar surface area (TPSA) is 122 Å². The molecule has 0 spiro atoms. The fourth-order valence-corrected chi connectivity index (χ4v) is 3.85. The lowest BCUT2D eigenvalue weighted by atomic mass is 10.1. The first-order chi connectivity index (χ1) is 17.9. The molecule has 0 radical (unpaired) electrons. The van der Waals surface area contributed by atoms with Gasteiger partial charge in [-0.3, -0.25) is 4.68 Å². The number of pyridine rings is 1. The molecule has 1 aliphatic rings. The number of nitrogens with two attached hydrogens (primary N) is 1. The molecule has 10 nitrogen and oxygen atoms in total. The van der Waals surface area contributed by atoms with Gasteiger partial charge in [0.2, 0.25) is 5.95 Å². The summed E-state index contributed by atoms with van der Waals surface area (Å²) in [7, 11) is 4.36. The number of benzene rings is 1. The Balaban J connectivity index is 0.000000469. The van der Waals surface area contributed by atoms with E-state index in [1.165, 1.54) is 45.7 Å². The van der Waals surface area contributed by atoms with Crippen molar-refractivity contribution in [3.63, 3.8) is 0 Å². The van der Waals surface area contributed by atoms with Gasteiger partial charge >= 0.3 is 0 Å². The van der Waals surface area contributed by atoms with Crippen LogP contribution in [0.25, 0.3) is 22.2 Å². The van der Waals surface area contributed by atoms with E-state index in [0.29, 0.717) is 17.4 Å². The molecule has 1 aromatic carbocycles. The van der Waals surface area contributed by atoms with Crippen LogP contribution in [0.15, 0.2) is 30.7 Å². The van der Waals surface area contributed by atoms with Crippen molar-refractivity contribution in [1.82, 2.24) is 24.7 Å². The average molecular weight is 514 g/mol. The number of hydrogen-bond donors (Lipinski definition) is 2. The van der Waals surface area contributed by atoms with E-state index in [4.69, 9.17) is 19.9 Å². The average Bonchev–Trinajstić information content (AvgIpc) is 3.34. The van der Waals surface area contributed by atoms with Gasteiger partial charge in [0, 0.05) is 56.2 Å². The summed E-state index contributed by atoms with van der Waals surface area (Å²) < 4.78 is 46.9. The van der Waals surface area contributed by atoms with Gasteiger partial charge in [-0.25, -0.2) is 23.7 Å². The normalized spacial score (nSPS) is 13.1. The van der Waals surface area contributed by atoms with Crippen molar-refractivity contribution < 1.29 is 23.0 Å². The predicted octanol–water partition coefficient (Wildman–Crippen LogP) is 4.10. The van der Waals surface area contributed by atoms with E-state index >= 15 is 8.78 Å². The van der Waals surface area contributed by atoms with E-state index in [0.717, 1.165) is 24.8 Å². The van der Waals surface area contributed by atoms with Gasteiger partial charge in [0.1, 0.15) is 5.52 Å². The van der Waals surface area contributed by atoms with Crippen molar-refractivity contribution in [2.75, 3.05) is 38.5 Å². The molecule has 3 aromatic heterocycles. The van der Waals surface area contributed by atoms with Crippen LogP contribution in [-0.2, 0) is 18.3 Å². The first kappa shape index (κ1) is 26.0. The molecule has 0 aliphatic carbocycles. The van der Waals surface area contributed by atoms with Crippen LogP contribution in [0, 0.1) is 11.6 Å². The zero-order valence-electron chi connectivity index (χ0n) is 20.9. The lowest BCUT2D eigenvalue weighted by Gasteiger charge is -2.14. The van der Waals surface area contributed by atoms with Gasteiger partial charge in [-0.05, 0) is 25.3 Å². The van der Waals surface area contributed by atoms with E-state index < -0.39 is 11.6 Å². The van der Waals surface area contributed by atoms with Crippen molar-refractivity contribution in [2.24, 2.45) is 7.05 Å². The van der Waals surface area contributed by atoms with Crippen LogP contribution in [0.1, 0.15) is 24.8 Å². The van der Waals surface area contributed by atoms with Gasteiger partial charge in [-0.15, -0.1) is 0 Å². The van der Waals surface area contributed by atoms with Crippen LogP contribution in [0.2, 0.25) is 0 Å². The Bertz CT molecular complexity index is 1340. The van der Waals surface area contributed by atoms with E-state index in [1.807, 2.05) is 6.20 Å². The van der Waals surface area contributed by atoms with Crippen LogP contribution in [-0.4, -0.2) is 52.2 Å². The Morgan fingerprint density at radius 2 is 1.73 bits per heavy atom. The third-order valence-corrected chi connectivity index (χ3v) is 5.71. The fraction of sp³-hybridized carbons (Fsp3) is 0.360. The Morgan fingerprint density at radius 1 is 1.03 bits per heavy atom. The van der Waals surface area contributed by atoms with E-state index in [2.05, 4.69) is 25.4 Å². The molecule has 0 atom stereocenters. The number of anilines is 2. The van der Waals surface area contributed by atoms with E-state index in [1.54, 1.807) is 17.9 Å². The van der Waals surface area contributed by atoms with Crippen molar-refractivity contribution in [3.05, 3.63) is 47.9 Å². The number of aromatic nitrogens is 5. The Kier molecular flexibility index (Phi) is 8.29. The Hall–Kier alpha value is -4.06. The molecule has 5 rings (SSSR count). The van der Waals surface area contributed by atoms with Crippen LogP contribution >= 0.6 is 0 Å². The second kappa shape index (κ2) is 11.8. The number of rotatable bonds is 6. The predicted molar refractivity (Wildman–Crippen MR) is 135 cm³/mol. The zero-order valence-corrected chi connectivity index (χ0v) is 20.9. The minimum absolute atomic E-state index is 0.0155. The van der Waals surface area contributed by atoms with Crippen LogP contribution < -0.4 is 20.5 Å². The minimum atomic E-state index is -0.901. The summed E-state index contributed by atoms with van der Waals surface area (Å²) in [5.74, 6) is -1.82. The second-order valence-electron chi connectivity index (χ2n) is 8.36. The highest BCUT2D eigenvalue weighted by Crippen LogP contribution is 2.38. The highest BCUT2D eigenvalue weighted by molar-refractivity contribution is 5.91. The number of ether oxygens (including phenoxy) is 3. The number of hydrogen-bond acceptors (Lipinski definition) is 9. The van der Waals surface area contributed by atoms with Gasteiger partial charge in [0.25, 0.3) is 0 Å². The largest absolute Gasteiger partial charge is 0.494 e. The molecule has 4 aromatic rings. The maximum atomic E-state index is 15.0. The van der Waals surface area contributed by atoms with Crippen LogP contribution in [0.3, 0.4) is 0 Å². The summed E-state index contributed by atoms with van der Waals surface area (Å²) in [4.78, 5) is 12.6. The molecule has 1 aliphatic heterocycles. The highest BCUT2D eigenvalue weighted by atomic mass is 19.1.